The number of nitrogens with one attached hydrogen (secondary N) is 1. The Hall–Kier alpha value is -2.76. The summed E-state index contributed by atoms with van der Waals surface area (Å²) in [5.74, 6) is -1.65. The number of hydrogen-bond donors (Lipinski definition) is 2. The van der Waals surface area contributed by atoms with Gasteiger partial charge in [-0.1, -0.05) is 6.07 Å². The Kier molecular flexibility index (Phi) is 3.51. The highest BCUT2D eigenvalue weighted by atomic mass is 16.4. The molecule has 19 heavy (non-hydrogen) atoms. The topological polar surface area (TPSA) is 92.2 Å². The maximum absolute atomic E-state index is 11.9. The summed E-state index contributed by atoms with van der Waals surface area (Å²) in [6.07, 6.45) is 3.17. The molecule has 2 N–H and O–H groups in total. The van der Waals surface area contributed by atoms with Gasteiger partial charge in [0.2, 0.25) is 0 Å². The van der Waals surface area contributed by atoms with Crippen LogP contribution >= 0.6 is 0 Å². The SMILES string of the molecule is Cc1cncc(NC(=O)c2cccc(C(=O)O)n2)c1. The lowest BCUT2D eigenvalue weighted by molar-refractivity contribution is 0.0690. The van der Waals surface area contributed by atoms with Gasteiger partial charge in [0.25, 0.3) is 5.91 Å². The summed E-state index contributed by atoms with van der Waals surface area (Å²) in [4.78, 5) is 30.4. The van der Waals surface area contributed by atoms with Crippen molar-refractivity contribution in [3.8, 4) is 0 Å². The number of aromatic carboxylic acids is 1. The van der Waals surface area contributed by atoms with E-state index in [1.54, 1.807) is 12.3 Å². The number of anilines is 1. The second-order valence-electron chi connectivity index (χ2n) is 3.92. The Bertz CT molecular complexity index is 641. The van der Waals surface area contributed by atoms with E-state index in [0.29, 0.717) is 5.69 Å². The van der Waals surface area contributed by atoms with Crippen molar-refractivity contribution >= 4 is 17.6 Å². The zero-order chi connectivity index (χ0) is 13.8. The average molecular weight is 257 g/mol. The summed E-state index contributed by atoms with van der Waals surface area (Å²) < 4.78 is 0. The summed E-state index contributed by atoms with van der Waals surface area (Å²) in [5.41, 5.74) is 1.31. The lowest BCUT2D eigenvalue weighted by Gasteiger charge is -2.05. The Morgan fingerprint density at radius 2 is 1.95 bits per heavy atom. The molecule has 0 unspecified atom stereocenters. The third-order valence-corrected chi connectivity index (χ3v) is 2.33. The molecule has 0 aliphatic rings. The molecule has 6 nitrogen and oxygen atoms in total. The van der Waals surface area contributed by atoms with Crippen LogP contribution in [0.5, 0.6) is 0 Å². The minimum absolute atomic E-state index is 0.0430. The number of hydrogen-bond acceptors (Lipinski definition) is 4. The van der Waals surface area contributed by atoms with E-state index in [9.17, 15) is 9.59 Å². The second kappa shape index (κ2) is 5.26. The zero-order valence-corrected chi connectivity index (χ0v) is 10.1. The fourth-order valence-corrected chi connectivity index (χ4v) is 1.50. The first-order chi connectivity index (χ1) is 9.06. The summed E-state index contributed by atoms with van der Waals surface area (Å²) in [7, 11) is 0. The predicted octanol–water partition coefficient (Wildman–Crippen LogP) is 1.74. The first-order valence-corrected chi connectivity index (χ1v) is 5.49. The summed E-state index contributed by atoms with van der Waals surface area (Å²) in [5, 5.41) is 11.4. The normalized spacial score (nSPS) is 9.95. The van der Waals surface area contributed by atoms with Gasteiger partial charge in [-0.15, -0.1) is 0 Å². The fraction of sp³-hybridized carbons (Fsp3) is 0.0769. The number of carboxylic acid groups (broad SMARTS) is 1. The van der Waals surface area contributed by atoms with Crippen LogP contribution in [0.2, 0.25) is 0 Å². The quantitative estimate of drug-likeness (QED) is 0.873. The number of pyridine rings is 2. The third kappa shape index (κ3) is 3.12. The molecule has 6 heteroatoms. The third-order valence-electron chi connectivity index (χ3n) is 2.33. The van der Waals surface area contributed by atoms with Gasteiger partial charge in [-0.2, -0.15) is 0 Å². The van der Waals surface area contributed by atoms with Crippen LogP contribution in [-0.4, -0.2) is 27.0 Å². The number of carboxylic acids is 1. The Morgan fingerprint density at radius 3 is 2.63 bits per heavy atom. The minimum atomic E-state index is -1.17. The van der Waals surface area contributed by atoms with E-state index in [2.05, 4.69) is 15.3 Å². The van der Waals surface area contributed by atoms with Crippen LogP contribution in [0, 0.1) is 6.92 Å². The first kappa shape index (κ1) is 12.7. The molecule has 96 valence electrons. The van der Waals surface area contributed by atoms with Crippen molar-refractivity contribution in [1.29, 1.82) is 0 Å². The van der Waals surface area contributed by atoms with E-state index in [1.165, 1.54) is 24.4 Å². The second-order valence-corrected chi connectivity index (χ2v) is 3.92. The van der Waals surface area contributed by atoms with Crippen molar-refractivity contribution in [2.24, 2.45) is 0 Å². The Balaban J connectivity index is 2.20. The molecule has 0 fully saturated rings. The molecule has 0 aliphatic carbocycles. The number of rotatable bonds is 3. The zero-order valence-electron chi connectivity index (χ0n) is 10.1. The maximum Gasteiger partial charge on any atom is 0.354 e. The number of nitrogens with zero attached hydrogens (tertiary/aromatic N) is 2. The van der Waals surface area contributed by atoms with Gasteiger partial charge in [-0.25, -0.2) is 9.78 Å². The van der Waals surface area contributed by atoms with E-state index in [1.807, 2.05) is 6.92 Å². The molecule has 0 saturated carbocycles. The molecule has 0 aliphatic heterocycles. The molecule has 0 aromatic carbocycles. The van der Waals surface area contributed by atoms with Gasteiger partial charge < -0.3 is 10.4 Å². The van der Waals surface area contributed by atoms with E-state index in [-0.39, 0.29) is 11.4 Å². The van der Waals surface area contributed by atoms with Crippen LogP contribution in [0.3, 0.4) is 0 Å². The van der Waals surface area contributed by atoms with Crippen molar-refractivity contribution in [2.45, 2.75) is 6.92 Å². The molecule has 2 rings (SSSR count). The highest BCUT2D eigenvalue weighted by Crippen LogP contribution is 2.09. The van der Waals surface area contributed by atoms with Crippen LogP contribution in [0.4, 0.5) is 5.69 Å². The van der Waals surface area contributed by atoms with Crippen LogP contribution < -0.4 is 5.32 Å². The molecule has 2 heterocycles. The molecule has 2 aromatic heterocycles. The highest BCUT2D eigenvalue weighted by Gasteiger charge is 2.11. The Labute approximate surface area is 109 Å². The van der Waals surface area contributed by atoms with Crippen molar-refractivity contribution in [3.05, 3.63) is 53.6 Å². The van der Waals surface area contributed by atoms with Gasteiger partial charge in [0.1, 0.15) is 11.4 Å². The Morgan fingerprint density at radius 1 is 1.21 bits per heavy atom. The van der Waals surface area contributed by atoms with Gasteiger partial charge in [0.15, 0.2) is 0 Å². The standard InChI is InChI=1S/C13H11N3O3/c1-8-5-9(7-14-6-8)15-12(17)10-3-2-4-11(16-10)13(18)19/h2-7H,1H3,(H,15,17)(H,18,19). The molecule has 1 amide bonds. The molecule has 0 atom stereocenters. The van der Waals surface area contributed by atoms with E-state index >= 15 is 0 Å². The van der Waals surface area contributed by atoms with Crippen LogP contribution in [0.15, 0.2) is 36.7 Å². The summed E-state index contributed by atoms with van der Waals surface area (Å²) in [6, 6.07) is 6.00. The smallest absolute Gasteiger partial charge is 0.354 e. The number of aromatic nitrogens is 2. The number of carbonyl (C=O) groups excluding carboxylic acids is 1. The van der Waals surface area contributed by atoms with E-state index in [0.717, 1.165) is 5.56 Å². The van der Waals surface area contributed by atoms with Crippen LogP contribution in [0.1, 0.15) is 26.5 Å². The average Bonchev–Trinajstić information content (AvgIpc) is 2.39. The van der Waals surface area contributed by atoms with Gasteiger partial charge in [-0.3, -0.25) is 9.78 Å². The predicted molar refractivity (Wildman–Crippen MR) is 68.1 cm³/mol. The molecule has 0 saturated heterocycles. The number of aryl methyl sites for hydroxylation is 1. The minimum Gasteiger partial charge on any atom is -0.477 e. The monoisotopic (exact) mass is 257 g/mol. The molecular weight excluding hydrogens is 246 g/mol. The van der Waals surface area contributed by atoms with Gasteiger partial charge in [-0.05, 0) is 30.7 Å². The largest absolute Gasteiger partial charge is 0.477 e. The van der Waals surface area contributed by atoms with Crippen molar-refractivity contribution < 1.29 is 14.7 Å². The summed E-state index contributed by atoms with van der Waals surface area (Å²) >= 11 is 0. The van der Waals surface area contributed by atoms with Crippen LogP contribution in [-0.2, 0) is 0 Å². The lowest BCUT2D eigenvalue weighted by atomic mass is 10.2. The van der Waals surface area contributed by atoms with Gasteiger partial charge >= 0.3 is 5.97 Å². The van der Waals surface area contributed by atoms with Gasteiger partial charge in [0, 0.05) is 6.20 Å². The number of amides is 1. The molecule has 0 bridgehead atoms. The molecule has 0 spiro atoms. The lowest BCUT2D eigenvalue weighted by Crippen LogP contribution is -2.15. The van der Waals surface area contributed by atoms with Crippen molar-refractivity contribution in [3.63, 3.8) is 0 Å². The number of carbonyl (C=O) groups is 2. The molecule has 0 radical (unpaired) electrons. The van der Waals surface area contributed by atoms with E-state index in [4.69, 9.17) is 5.11 Å². The molecular formula is C13H11N3O3. The maximum atomic E-state index is 11.9. The van der Waals surface area contributed by atoms with Crippen LogP contribution in [0.25, 0.3) is 0 Å². The van der Waals surface area contributed by atoms with Crippen molar-refractivity contribution in [1.82, 2.24) is 9.97 Å². The summed E-state index contributed by atoms with van der Waals surface area (Å²) in [6.45, 7) is 1.85. The molecule has 2 aromatic rings. The van der Waals surface area contributed by atoms with Crippen molar-refractivity contribution in [2.75, 3.05) is 5.32 Å². The van der Waals surface area contributed by atoms with E-state index < -0.39 is 11.9 Å². The highest BCUT2D eigenvalue weighted by molar-refractivity contribution is 6.03. The van der Waals surface area contributed by atoms with Gasteiger partial charge in [0.05, 0.1) is 11.9 Å². The fourth-order valence-electron chi connectivity index (χ4n) is 1.50. The first-order valence-electron chi connectivity index (χ1n) is 5.49.